The van der Waals surface area contributed by atoms with E-state index in [1.807, 2.05) is 0 Å². The fourth-order valence-electron chi connectivity index (χ4n) is 2.38. The molecule has 144 valence electrons. The second-order valence-electron chi connectivity index (χ2n) is 5.63. The average Bonchev–Trinajstić information content (AvgIpc) is 2.67. The minimum absolute atomic E-state index is 0.0859. The Morgan fingerprint density at radius 2 is 1.89 bits per heavy atom. The zero-order valence-corrected chi connectivity index (χ0v) is 16.4. The molecule has 0 aromatic heterocycles. The summed E-state index contributed by atoms with van der Waals surface area (Å²) in [7, 11) is 1.58. The maximum absolute atomic E-state index is 12.8. The molecule has 0 atom stereocenters. The van der Waals surface area contributed by atoms with Gasteiger partial charge in [-0.25, -0.2) is 4.79 Å². The molecule has 2 aromatic rings. The Kier molecular flexibility index (Phi) is 8.23. The first-order valence-electron chi connectivity index (χ1n) is 8.34. The van der Waals surface area contributed by atoms with E-state index in [0.29, 0.717) is 41.7 Å². The third-order valence-corrected chi connectivity index (χ3v) is 4.19. The number of nitrogens with one attached hydrogen (secondary N) is 2. The van der Waals surface area contributed by atoms with Crippen LogP contribution in [0.25, 0.3) is 0 Å². The lowest BCUT2D eigenvalue weighted by atomic mass is 10.2. The summed E-state index contributed by atoms with van der Waals surface area (Å²) in [5.41, 5.74) is 1.31. The Morgan fingerprint density at radius 1 is 1.15 bits per heavy atom. The fourth-order valence-corrected chi connectivity index (χ4v) is 2.66. The first-order chi connectivity index (χ1) is 13.0. The van der Waals surface area contributed by atoms with E-state index in [1.54, 1.807) is 60.5 Å². The molecule has 0 aliphatic carbocycles. The molecule has 2 aromatic carbocycles. The van der Waals surface area contributed by atoms with Gasteiger partial charge in [0.05, 0.1) is 7.11 Å². The molecule has 0 saturated carbocycles. The van der Waals surface area contributed by atoms with Crippen molar-refractivity contribution in [2.75, 3.05) is 36.3 Å². The predicted octanol–water partition coefficient (Wildman–Crippen LogP) is 4.13. The topological polar surface area (TPSA) is 70.7 Å². The van der Waals surface area contributed by atoms with Gasteiger partial charge in [0, 0.05) is 29.5 Å². The van der Waals surface area contributed by atoms with Gasteiger partial charge in [-0.1, -0.05) is 17.7 Å². The molecule has 2 rings (SSSR count). The largest absolute Gasteiger partial charge is 0.497 e. The van der Waals surface area contributed by atoms with Gasteiger partial charge in [-0.05, 0) is 48.9 Å². The van der Waals surface area contributed by atoms with Gasteiger partial charge in [0.25, 0.3) is 0 Å². The minimum Gasteiger partial charge on any atom is -0.497 e. The lowest BCUT2D eigenvalue weighted by Crippen LogP contribution is -2.37. The zero-order valence-electron chi connectivity index (χ0n) is 14.9. The van der Waals surface area contributed by atoms with Crippen molar-refractivity contribution in [2.45, 2.75) is 6.42 Å². The van der Waals surface area contributed by atoms with Gasteiger partial charge in [-0.3, -0.25) is 9.69 Å². The van der Waals surface area contributed by atoms with Gasteiger partial charge in [0.1, 0.15) is 11.6 Å². The minimum atomic E-state index is -0.300. The van der Waals surface area contributed by atoms with Crippen molar-refractivity contribution in [1.82, 2.24) is 5.32 Å². The van der Waals surface area contributed by atoms with Crippen LogP contribution in [0.4, 0.5) is 16.2 Å². The third kappa shape index (κ3) is 6.66. The quantitative estimate of drug-likeness (QED) is 0.508. The number of carbonyl (C=O) groups excluding carboxylic acids is 2. The number of amides is 3. The van der Waals surface area contributed by atoms with E-state index >= 15 is 0 Å². The molecule has 3 amide bonds. The van der Waals surface area contributed by atoms with Crippen molar-refractivity contribution in [1.29, 1.82) is 0 Å². The SMILES string of the molecule is COc1ccc(N(CCCNC(=O)CCl)C(=O)Nc2cccc(Cl)c2)cc1. The van der Waals surface area contributed by atoms with Crippen molar-refractivity contribution in [3.63, 3.8) is 0 Å². The molecular formula is C19H21Cl2N3O3. The van der Waals surface area contributed by atoms with Gasteiger partial charge < -0.3 is 15.4 Å². The Hall–Kier alpha value is -2.44. The third-order valence-electron chi connectivity index (χ3n) is 3.71. The molecule has 8 heteroatoms. The van der Waals surface area contributed by atoms with Crippen molar-refractivity contribution < 1.29 is 14.3 Å². The van der Waals surface area contributed by atoms with Crippen LogP contribution in [0.3, 0.4) is 0 Å². The van der Waals surface area contributed by atoms with Gasteiger partial charge in [-0.2, -0.15) is 0 Å². The summed E-state index contributed by atoms with van der Waals surface area (Å²) in [6.45, 7) is 0.823. The summed E-state index contributed by atoms with van der Waals surface area (Å²) < 4.78 is 5.16. The lowest BCUT2D eigenvalue weighted by molar-refractivity contribution is -0.118. The van der Waals surface area contributed by atoms with Crippen molar-refractivity contribution in [2.24, 2.45) is 0 Å². The number of halogens is 2. The van der Waals surface area contributed by atoms with E-state index in [1.165, 1.54) is 0 Å². The van der Waals surface area contributed by atoms with Crippen LogP contribution in [0.2, 0.25) is 5.02 Å². The van der Waals surface area contributed by atoms with E-state index in [2.05, 4.69) is 10.6 Å². The molecule has 0 heterocycles. The van der Waals surface area contributed by atoms with Crippen molar-refractivity contribution in [3.8, 4) is 5.75 Å². The van der Waals surface area contributed by atoms with Crippen LogP contribution in [0.1, 0.15) is 6.42 Å². The van der Waals surface area contributed by atoms with Gasteiger partial charge in [0.15, 0.2) is 0 Å². The number of ether oxygens (including phenoxy) is 1. The number of urea groups is 1. The number of rotatable bonds is 8. The van der Waals surface area contributed by atoms with Crippen LogP contribution in [0, 0.1) is 0 Å². The Bertz CT molecular complexity index is 769. The molecule has 27 heavy (non-hydrogen) atoms. The number of hydrogen-bond donors (Lipinski definition) is 2. The van der Waals surface area contributed by atoms with Crippen LogP contribution < -0.4 is 20.3 Å². The number of alkyl halides is 1. The zero-order chi connectivity index (χ0) is 19.6. The summed E-state index contributed by atoms with van der Waals surface area (Å²) >= 11 is 11.4. The number of anilines is 2. The molecule has 0 spiro atoms. The highest BCUT2D eigenvalue weighted by Gasteiger charge is 2.16. The highest BCUT2D eigenvalue weighted by atomic mass is 35.5. The van der Waals surface area contributed by atoms with Crippen molar-refractivity contribution >= 4 is 46.5 Å². The Labute approximate surface area is 168 Å². The standard InChI is InChI=1S/C19H21Cl2N3O3/c1-27-17-8-6-16(7-9-17)24(11-3-10-22-18(25)13-20)19(26)23-15-5-2-4-14(21)12-15/h2,4-9,12H,3,10-11,13H2,1H3,(H,22,25)(H,23,26). The van der Waals surface area contributed by atoms with Crippen LogP contribution in [0.5, 0.6) is 5.75 Å². The average molecular weight is 410 g/mol. The predicted molar refractivity (Wildman–Crippen MR) is 109 cm³/mol. The molecule has 0 saturated heterocycles. The molecule has 2 N–H and O–H groups in total. The summed E-state index contributed by atoms with van der Waals surface area (Å²) in [5, 5.41) is 6.06. The smallest absolute Gasteiger partial charge is 0.326 e. The highest BCUT2D eigenvalue weighted by molar-refractivity contribution is 6.31. The van der Waals surface area contributed by atoms with Crippen LogP contribution in [-0.2, 0) is 4.79 Å². The van der Waals surface area contributed by atoms with E-state index in [4.69, 9.17) is 27.9 Å². The van der Waals surface area contributed by atoms with Gasteiger partial charge in [0.2, 0.25) is 5.91 Å². The number of benzene rings is 2. The molecule has 0 aliphatic rings. The second-order valence-corrected chi connectivity index (χ2v) is 6.33. The van der Waals surface area contributed by atoms with Gasteiger partial charge in [-0.15, -0.1) is 11.6 Å². The van der Waals surface area contributed by atoms with E-state index < -0.39 is 0 Å². The Morgan fingerprint density at radius 3 is 2.52 bits per heavy atom. The monoisotopic (exact) mass is 409 g/mol. The number of nitrogens with zero attached hydrogens (tertiary/aromatic N) is 1. The number of carbonyl (C=O) groups is 2. The van der Waals surface area contributed by atoms with Gasteiger partial charge >= 0.3 is 6.03 Å². The molecule has 0 radical (unpaired) electrons. The fraction of sp³-hybridized carbons (Fsp3) is 0.263. The first kappa shape index (κ1) is 20.9. The molecule has 6 nitrogen and oxygen atoms in total. The number of hydrogen-bond acceptors (Lipinski definition) is 3. The molecule has 0 unspecified atom stereocenters. The van der Waals surface area contributed by atoms with Crippen LogP contribution in [-0.4, -0.2) is 38.0 Å². The second kappa shape index (κ2) is 10.6. The van der Waals surface area contributed by atoms with E-state index in [-0.39, 0.29) is 17.8 Å². The first-order valence-corrected chi connectivity index (χ1v) is 9.25. The van der Waals surface area contributed by atoms with Crippen LogP contribution in [0.15, 0.2) is 48.5 Å². The summed E-state index contributed by atoms with van der Waals surface area (Å²) in [5.74, 6) is 0.372. The van der Waals surface area contributed by atoms with Crippen LogP contribution >= 0.6 is 23.2 Å². The number of methoxy groups -OCH3 is 1. The lowest BCUT2D eigenvalue weighted by Gasteiger charge is -2.23. The summed E-state index contributed by atoms with van der Waals surface area (Å²) in [6.07, 6.45) is 0.567. The maximum atomic E-state index is 12.8. The molecule has 0 bridgehead atoms. The summed E-state index contributed by atoms with van der Waals surface area (Å²) in [6, 6.07) is 13.8. The van der Waals surface area contributed by atoms with E-state index in [0.717, 1.165) is 0 Å². The normalized spacial score (nSPS) is 10.2. The molecule has 0 aliphatic heterocycles. The molecule has 0 fully saturated rings. The van der Waals surface area contributed by atoms with E-state index in [9.17, 15) is 9.59 Å². The highest BCUT2D eigenvalue weighted by Crippen LogP contribution is 2.21. The van der Waals surface area contributed by atoms with Crippen molar-refractivity contribution in [3.05, 3.63) is 53.6 Å². The Balaban J connectivity index is 2.09. The molecular weight excluding hydrogens is 389 g/mol. The maximum Gasteiger partial charge on any atom is 0.326 e. The summed E-state index contributed by atoms with van der Waals surface area (Å²) in [4.78, 5) is 25.6.